The lowest BCUT2D eigenvalue weighted by Crippen LogP contribution is -2.40. The van der Waals surface area contributed by atoms with Crippen molar-refractivity contribution in [2.45, 2.75) is 31.3 Å². The molecule has 3 nitrogen and oxygen atoms in total. The summed E-state index contributed by atoms with van der Waals surface area (Å²) in [7, 11) is 0. The van der Waals surface area contributed by atoms with Crippen LogP contribution in [0.2, 0.25) is 0 Å². The number of aliphatic hydroxyl groups is 1. The van der Waals surface area contributed by atoms with Crippen molar-refractivity contribution in [2.75, 3.05) is 26.3 Å². The van der Waals surface area contributed by atoms with Gasteiger partial charge in [0.15, 0.2) is 0 Å². The molecule has 2 heterocycles. The first-order valence-electron chi connectivity index (χ1n) is 6.29. The van der Waals surface area contributed by atoms with Gasteiger partial charge in [-0.2, -0.15) is 0 Å². The zero-order valence-corrected chi connectivity index (χ0v) is 9.24. The maximum atomic E-state index is 10.7. The Hall–Kier alpha value is -0.120. The first-order chi connectivity index (χ1) is 7.28. The molecule has 0 amide bonds. The van der Waals surface area contributed by atoms with Gasteiger partial charge in [0, 0.05) is 13.2 Å². The molecule has 1 aliphatic carbocycles. The van der Waals surface area contributed by atoms with Crippen molar-refractivity contribution in [3.8, 4) is 0 Å². The summed E-state index contributed by atoms with van der Waals surface area (Å²) in [6.07, 6.45) is 4.16. The van der Waals surface area contributed by atoms with Gasteiger partial charge in [0.1, 0.15) is 0 Å². The Labute approximate surface area is 91.2 Å². The summed E-state index contributed by atoms with van der Waals surface area (Å²) < 4.78 is 5.37. The molecule has 0 aromatic rings. The molecule has 3 heteroatoms. The number of rotatable bonds is 1. The van der Waals surface area contributed by atoms with Crippen LogP contribution in [0.4, 0.5) is 0 Å². The SMILES string of the molecule is OC1(C2CCOCC2)CC2CNCC2C1. The Morgan fingerprint density at radius 1 is 1.07 bits per heavy atom. The van der Waals surface area contributed by atoms with Gasteiger partial charge >= 0.3 is 0 Å². The van der Waals surface area contributed by atoms with Crippen molar-refractivity contribution in [1.82, 2.24) is 5.32 Å². The molecule has 0 aromatic carbocycles. The van der Waals surface area contributed by atoms with Crippen LogP contribution < -0.4 is 5.32 Å². The van der Waals surface area contributed by atoms with Crippen molar-refractivity contribution < 1.29 is 9.84 Å². The van der Waals surface area contributed by atoms with Gasteiger partial charge in [0.25, 0.3) is 0 Å². The maximum absolute atomic E-state index is 10.7. The Bertz CT molecular complexity index is 226. The fourth-order valence-electron chi connectivity index (χ4n) is 3.82. The normalized spacial score (nSPS) is 47.0. The third-order valence-corrected chi connectivity index (χ3v) is 4.69. The fraction of sp³-hybridized carbons (Fsp3) is 1.00. The molecule has 0 aromatic heterocycles. The zero-order valence-electron chi connectivity index (χ0n) is 9.24. The molecule has 3 rings (SSSR count). The van der Waals surface area contributed by atoms with Gasteiger partial charge in [-0.05, 0) is 56.5 Å². The van der Waals surface area contributed by atoms with Crippen molar-refractivity contribution in [3.63, 3.8) is 0 Å². The predicted octanol–water partition coefficient (Wildman–Crippen LogP) is 0.773. The van der Waals surface area contributed by atoms with Crippen LogP contribution in [0.25, 0.3) is 0 Å². The van der Waals surface area contributed by atoms with Crippen LogP contribution in [0, 0.1) is 17.8 Å². The number of nitrogens with one attached hydrogen (secondary N) is 1. The minimum Gasteiger partial charge on any atom is -0.390 e. The van der Waals surface area contributed by atoms with Crippen LogP contribution in [0.15, 0.2) is 0 Å². The maximum Gasteiger partial charge on any atom is 0.0684 e. The first-order valence-corrected chi connectivity index (χ1v) is 6.29. The van der Waals surface area contributed by atoms with Gasteiger partial charge < -0.3 is 15.2 Å². The van der Waals surface area contributed by atoms with E-state index in [0.29, 0.717) is 5.92 Å². The van der Waals surface area contributed by atoms with Crippen LogP contribution in [0.5, 0.6) is 0 Å². The van der Waals surface area contributed by atoms with E-state index in [2.05, 4.69) is 5.32 Å². The molecule has 3 aliphatic rings. The van der Waals surface area contributed by atoms with E-state index < -0.39 is 0 Å². The highest BCUT2D eigenvalue weighted by Gasteiger charge is 2.49. The standard InChI is InChI=1S/C12H21NO2/c14-12(11-1-3-15-4-2-11)5-9-7-13-8-10(9)6-12/h9-11,13-14H,1-8H2. The summed E-state index contributed by atoms with van der Waals surface area (Å²) >= 11 is 0. The lowest BCUT2D eigenvalue weighted by molar-refractivity contribution is -0.0653. The molecule has 1 saturated carbocycles. The number of hydrogen-bond donors (Lipinski definition) is 2. The topological polar surface area (TPSA) is 41.5 Å². The van der Waals surface area contributed by atoms with Crippen LogP contribution >= 0.6 is 0 Å². The van der Waals surface area contributed by atoms with Gasteiger partial charge in [-0.1, -0.05) is 0 Å². The van der Waals surface area contributed by atoms with Crippen LogP contribution in [-0.2, 0) is 4.74 Å². The summed E-state index contributed by atoms with van der Waals surface area (Å²) in [5.41, 5.74) is -0.360. The molecule has 0 spiro atoms. The van der Waals surface area contributed by atoms with Crippen molar-refractivity contribution in [1.29, 1.82) is 0 Å². The first kappa shape index (κ1) is 10.1. The van der Waals surface area contributed by atoms with Crippen LogP contribution in [0.3, 0.4) is 0 Å². The monoisotopic (exact) mass is 211 g/mol. The fourth-order valence-corrected chi connectivity index (χ4v) is 3.82. The molecule has 0 radical (unpaired) electrons. The molecule has 3 fully saturated rings. The molecular weight excluding hydrogens is 190 g/mol. The van der Waals surface area contributed by atoms with Gasteiger partial charge in [-0.25, -0.2) is 0 Å². The van der Waals surface area contributed by atoms with E-state index in [1.54, 1.807) is 0 Å². The average Bonchev–Trinajstić information content (AvgIpc) is 2.78. The van der Waals surface area contributed by atoms with Crippen LogP contribution in [-0.4, -0.2) is 37.0 Å². The average molecular weight is 211 g/mol. The van der Waals surface area contributed by atoms with Gasteiger partial charge in [0.05, 0.1) is 5.60 Å². The minimum absolute atomic E-state index is 0.360. The molecule has 0 bridgehead atoms. The molecule has 2 aliphatic heterocycles. The molecule has 2 atom stereocenters. The molecule has 15 heavy (non-hydrogen) atoms. The Balaban J connectivity index is 1.69. The van der Waals surface area contributed by atoms with E-state index in [0.717, 1.165) is 63.8 Å². The quantitative estimate of drug-likeness (QED) is 0.673. The second kappa shape index (κ2) is 3.72. The molecular formula is C12H21NO2. The van der Waals surface area contributed by atoms with Crippen LogP contribution in [0.1, 0.15) is 25.7 Å². The summed E-state index contributed by atoms with van der Waals surface area (Å²) in [5, 5.41) is 14.2. The van der Waals surface area contributed by atoms with Crippen molar-refractivity contribution in [3.05, 3.63) is 0 Å². The molecule has 86 valence electrons. The third kappa shape index (κ3) is 1.71. The van der Waals surface area contributed by atoms with E-state index in [1.165, 1.54) is 0 Å². The van der Waals surface area contributed by atoms with E-state index in [-0.39, 0.29) is 5.60 Å². The van der Waals surface area contributed by atoms with Crippen molar-refractivity contribution >= 4 is 0 Å². The van der Waals surface area contributed by atoms with Gasteiger partial charge in [-0.15, -0.1) is 0 Å². The summed E-state index contributed by atoms with van der Waals surface area (Å²) in [6.45, 7) is 3.94. The van der Waals surface area contributed by atoms with Gasteiger partial charge in [0.2, 0.25) is 0 Å². The van der Waals surface area contributed by atoms with Crippen molar-refractivity contribution in [2.24, 2.45) is 17.8 Å². The number of fused-ring (bicyclic) bond motifs is 1. The number of ether oxygens (including phenoxy) is 1. The number of hydrogen-bond acceptors (Lipinski definition) is 3. The highest BCUT2D eigenvalue weighted by molar-refractivity contribution is 5.02. The lowest BCUT2D eigenvalue weighted by atomic mass is 9.80. The summed E-state index contributed by atoms with van der Waals surface area (Å²) in [6, 6.07) is 0. The Morgan fingerprint density at radius 3 is 2.27 bits per heavy atom. The smallest absolute Gasteiger partial charge is 0.0684 e. The predicted molar refractivity (Wildman–Crippen MR) is 57.6 cm³/mol. The highest BCUT2D eigenvalue weighted by Crippen LogP contribution is 2.47. The van der Waals surface area contributed by atoms with E-state index in [9.17, 15) is 5.11 Å². The summed E-state index contributed by atoms with van der Waals surface area (Å²) in [5.74, 6) is 1.97. The Morgan fingerprint density at radius 2 is 1.67 bits per heavy atom. The lowest BCUT2D eigenvalue weighted by Gasteiger charge is -2.36. The second-order valence-corrected chi connectivity index (χ2v) is 5.58. The van der Waals surface area contributed by atoms with E-state index >= 15 is 0 Å². The highest BCUT2D eigenvalue weighted by atomic mass is 16.5. The largest absolute Gasteiger partial charge is 0.390 e. The summed E-state index contributed by atoms with van der Waals surface area (Å²) in [4.78, 5) is 0. The van der Waals surface area contributed by atoms with E-state index in [1.807, 2.05) is 0 Å². The minimum atomic E-state index is -0.360. The van der Waals surface area contributed by atoms with Gasteiger partial charge in [-0.3, -0.25) is 0 Å². The third-order valence-electron chi connectivity index (χ3n) is 4.69. The molecule has 2 N–H and O–H groups in total. The molecule has 2 saturated heterocycles. The second-order valence-electron chi connectivity index (χ2n) is 5.58. The van der Waals surface area contributed by atoms with E-state index in [4.69, 9.17) is 4.74 Å². The molecule has 2 unspecified atom stereocenters. The Kier molecular flexibility index (Phi) is 2.49. The zero-order chi connectivity index (χ0) is 10.3.